The van der Waals surface area contributed by atoms with E-state index in [0.717, 1.165) is 53.2 Å². The minimum Gasteiger partial charge on any atom is -0.477 e. The molecule has 3 aromatic rings. The normalized spacial score (nSPS) is 14.4. The standard InChI is InChI=1S/C25H31N5O3/c31-28-15-19-1-5-21(6-2-19)24-25(22-7-3-20(4-8-22)16-29-32)30-23(17-27-24)33-14-11-18-9-12-26-13-10-18/h1-8,17-18,26,28-29,31-32H,9-16H2. The second kappa shape index (κ2) is 11.8. The summed E-state index contributed by atoms with van der Waals surface area (Å²) in [5.41, 5.74) is 9.64. The van der Waals surface area contributed by atoms with Crippen LogP contribution < -0.4 is 21.0 Å². The van der Waals surface area contributed by atoms with Crippen molar-refractivity contribution >= 4 is 0 Å². The Morgan fingerprint density at radius 1 is 0.848 bits per heavy atom. The monoisotopic (exact) mass is 449 g/mol. The third-order valence-corrected chi connectivity index (χ3v) is 6.01. The lowest BCUT2D eigenvalue weighted by molar-refractivity contribution is 0.161. The van der Waals surface area contributed by atoms with Crippen LogP contribution in [0.4, 0.5) is 0 Å². The van der Waals surface area contributed by atoms with E-state index in [1.165, 1.54) is 12.8 Å². The van der Waals surface area contributed by atoms with Crippen LogP contribution >= 0.6 is 0 Å². The second-order valence-corrected chi connectivity index (χ2v) is 8.30. The molecule has 174 valence electrons. The highest BCUT2D eigenvalue weighted by atomic mass is 16.5. The first-order valence-electron chi connectivity index (χ1n) is 11.4. The number of hydroxylamine groups is 2. The molecule has 5 N–H and O–H groups in total. The fraction of sp³-hybridized carbons (Fsp3) is 0.360. The lowest BCUT2D eigenvalue weighted by atomic mass is 9.95. The molecule has 33 heavy (non-hydrogen) atoms. The first-order valence-corrected chi connectivity index (χ1v) is 11.4. The SMILES string of the molecule is ONCc1ccc(-c2ncc(OCCC3CCNCC3)nc2-c2ccc(CNO)cc2)cc1. The molecule has 4 rings (SSSR count). The molecule has 1 aromatic heterocycles. The van der Waals surface area contributed by atoms with Gasteiger partial charge in [-0.1, -0.05) is 48.5 Å². The predicted molar refractivity (Wildman–Crippen MR) is 126 cm³/mol. The molecule has 0 bridgehead atoms. The molecule has 0 aliphatic carbocycles. The summed E-state index contributed by atoms with van der Waals surface area (Å²) in [5, 5.41) is 21.3. The fourth-order valence-corrected chi connectivity index (χ4v) is 4.10. The number of nitrogens with one attached hydrogen (secondary N) is 3. The van der Waals surface area contributed by atoms with Gasteiger partial charge in [-0.3, -0.25) is 0 Å². The van der Waals surface area contributed by atoms with Crippen LogP contribution in [0.1, 0.15) is 30.4 Å². The number of rotatable bonds is 10. The quantitative estimate of drug-likeness (QED) is 0.299. The molecule has 0 saturated carbocycles. The lowest BCUT2D eigenvalue weighted by Gasteiger charge is -2.22. The first kappa shape index (κ1) is 23.3. The maximum Gasteiger partial charge on any atom is 0.232 e. The van der Waals surface area contributed by atoms with Crippen LogP contribution in [0.2, 0.25) is 0 Å². The van der Waals surface area contributed by atoms with Crippen molar-refractivity contribution in [1.82, 2.24) is 26.2 Å². The number of benzene rings is 2. The topological polar surface area (TPSA) is 112 Å². The largest absolute Gasteiger partial charge is 0.477 e. The Hall–Kier alpha value is -2.88. The van der Waals surface area contributed by atoms with Gasteiger partial charge in [0, 0.05) is 24.2 Å². The Bertz CT molecular complexity index is 1010. The van der Waals surface area contributed by atoms with Gasteiger partial charge in [-0.05, 0) is 49.4 Å². The highest BCUT2D eigenvalue weighted by Crippen LogP contribution is 2.31. The van der Waals surface area contributed by atoms with Gasteiger partial charge in [-0.2, -0.15) is 0 Å². The van der Waals surface area contributed by atoms with Gasteiger partial charge in [0.2, 0.25) is 5.88 Å². The van der Waals surface area contributed by atoms with E-state index in [1.807, 2.05) is 48.5 Å². The molecule has 0 unspecified atom stereocenters. The van der Waals surface area contributed by atoms with Gasteiger partial charge in [0.1, 0.15) is 5.69 Å². The highest BCUT2D eigenvalue weighted by Gasteiger charge is 2.15. The Kier molecular flexibility index (Phi) is 8.35. The Balaban J connectivity index is 1.58. The Morgan fingerprint density at radius 2 is 1.42 bits per heavy atom. The van der Waals surface area contributed by atoms with Crippen LogP contribution in [0, 0.1) is 5.92 Å². The van der Waals surface area contributed by atoms with Gasteiger partial charge in [0.15, 0.2) is 0 Å². The van der Waals surface area contributed by atoms with Gasteiger partial charge in [-0.15, -0.1) is 0 Å². The zero-order valence-electron chi connectivity index (χ0n) is 18.6. The molecule has 0 radical (unpaired) electrons. The van der Waals surface area contributed by atoms with E-state index in [1.54, 1.807) is 6.20 Å². The van der Waals surface area contributed by atoms with Gasteiger partial charge < -0.3 is 20.5 Å². The van der Waals surface area contributed by atoms with E-state index >= 15 is 0 Å². The zero-order valence-corrected chi connectivity index (χ0v) is 18.6. The van der Waals surface area contributed by atoms with Gasteiger partial charge >= 0.3 is 0 Å². The molecule has 1 saturated heterocycles. The molecule has 2 heterocycles. The smallest absolute Gasteiger partial charge is 0.232 e. The maximum absolute atomic E-state index is 8.96. The molecule has 0 amide bonds. The summed E-state index contributed by atoms with van der Waals surface area (Å²) in [6.45, 7) is 3.54. The molecule has 0 atom stereocenters. The van der Waals surface area contributed by atoms with Crippen molar-refractivity contribution in [1.29, 1.82) is 0 Å². The van der Waals surface area contributed by atoms with E-state index in [2.05, 4.69) is 16.3 Å². The van der Waals surface area contributed by atoms with Crippen molar-refractivity contribution in [3.8, 4) is 28.4 Å². The average Bonchev–Trinajstić information content (AvgIpc) is 2.86. The third-order valence-electron chi connectivity index (χ3n) is 6.01. The van der Waals surface area contributed by atoms with Gasteiger partial charge in [-0.25, -0.2) is 20.9 Å². The molecule has 1 fully saturated rings. The van der Waals surface area contributed by atoms with Crippen molar-refractivity contribution in [2.75, 3.05) is 19.7 Å². The molecule has 8 heteroatoms. The molecule has 1 aliphatic heterocycles. The Morgan fingerprint density at radius 3 is 2.00 bits per heavy atom. The molecule has 1 aliphatic rings. The Labute approximate surface area is 194 Å². The summed E-state index contributed by atoms with van der Waals surface area (Å²) in [6, 6.07) is 15.7. The van der Waals surface area contributed by atoms with Crippen LogP contribution in [-0.4, -0.2) is 40.1 Å². The van der Waals surface area contributed by atoms with Crippen molar-refractivity contribution in [3.05, 3.63) is 65.9 Å². The van der Waals surface area contributed by atoms with Crippen LogP contribution in [0.25, 0.3) is 22.5 Å². The number of nitrogens with zero attached hydrogens (tertiary/aromatic N) is 2. The van der Waals surface area contributed by atoms with Crippen LogP contribution in [0.3, 0.4) is 0 Å². The van der Waals surface area contributed by atoms with E-state index in [9.17, 15) is 0 Å². The molecular formula is C25H31N5O3. The van der Waals surface area contributed by atoms with Gasteiger partial charge in [0.05, 0.1) is 18.5 Å². The van der Waals surface area contributed by atoms with E-state index in [4.69, 9.17) is 25.1 Å². The number of ether oxygens (including phenoxy) is 1. The predicted octanol–water partition coefficient (Wildman–Crippen LogP) is 3.54. The molecular weight excluding hydrogens is 418 g/mol. The number of hydrogen-bond donors (Lipinski definition) is 5. The summed E-state index contributed by atoms with van der Waals surface area (Å²) in [6.07, 6.45) is 5.09. The number of hydrogen-bond acceptors (Lipinski definition) is 8. The maximum atomic E-state index is 8.96. The van der Waals surface area contributed by atoms with Crippen molar-refractivity contribution in [2.45, 2.75) is 32.4 Å². The van der Waals surface area contributed by atoms with E-state index in [0.29, 0.717) is 31.5 Å². The van der Waals surface area contributed by atoms with Crippen LogP contribution in [0.15, 0.2) is 54.7 Å². The fourth-order valence-electron chi connectivity index (χ4n) is 4.10. The lowest BCUT2D eigenvalue weighted by Crippen LogP contribution is -2.28. The van der Waals surface area contributed by atoms with E-state index in [-0.39, 0.29) is 0 Å². The minimum absolute atomic E-state index is 0.374. The summed E-state index contributed by atoms with van der Waals surface area (Å²) in [7, 11) is 0. The number of piperidine rings is 1. The second-order valence-electron chi connectivity index (χ2n) is 8.30. The third kappa shape index (κ3) is 6.34. The van der Waals surface area contributed by atoms with Crippen molar-refractivity contribution in [3.63, 3.8) is 0 Å². The van der Waals surface area contributed by atoms with Crippen LogP contribution in [0.5, 0.6) is 5.88 Å². The zero-order chi connectivity index (χ0) is 22.9. The highest BCUT2D eigenvalue weighted by molar-refractivity contribution is 5.78. The summed E-state index contributed by atoms with van der Waals surface area (Å²) < 4.78 is 6.00. The van der Waals surface area contributed by atoms with Crippen molar-refractivity contribution < 1.29 is 15.2 Å². The summed E-state index contributed by atoms with van der Waals surface area (Å²) in [4.78, 5) is 9.53. The van der Waals surface area contributed by atoms with Crippen LogP contribution in [-0.2, 0) is 13.1 Å². The molecule has 0 spiro atoms. The average molecular weight is 450 g/mol. The first-order chi connectivity index (χ1) is 16.3. The van der Waals surface area contributed by atoms with Gasteiger partial charge in [0.25, 0.3) is 0 Å². The molecule has 8 nitrogen and oxygen atoms in total. The number of aromatic nitrogens is 2. The summed E-state index contributed by atoms with van der Waals surface area (Å²) in [5.74, 6) is 1.21. The van der Waals surface area contributed by atoms with Crippen molar-refractivity contribution in [2.24, 2.45) is 5.92 Å². The molecule has 2 aromatic carbocycles. The minimum atomic E-state index is 0.374. The van der Waals surface area contributed by atoms with E-state index < -0.39 is 0 Å². The summed E-state index contributed by atoms with van der Waals surface area (Å²) >= 11 is 0.